The monoisotopic (exact) mass is 608 g/mol. The lowest BCUT2D eigenvalue weighted by molar-refractivity contribution is -0.323. The minimum absolute atomic E-state index is 0.223. The summed E-state index contributed by atoms with van der Waals surface area (Å²) in [7, 11) is 0. The fourth-order valence-electron chi connectivity index (χ4n) is 5.61. The van der Waals surface area contributed by atoms with Crippen molar-refractivity contribution in [3.8, 4) is 0 Å². The standard InChI is InChI=1S/C35H60O8/c1-10-11-12-16-19-22-34(38-24-25-39-34)23-20-17-14-13-15-18-21-28-27-40-33(8,9)43-35(28,30(37)42-32(5,6)7)26-29(36)41-31(2,3)4/h10,18,21,28H,1,11-17,19-20,22-27H2,2-9H3/b21-18+/t28-,35+/m1/s1. The number of carbonyl (C=O) groups is 2. The van der Waals surface area contributed by atoms with Gasteiger partial charge in [0.05, 0.1) is 26.2 Å². The highest BCUT2D eigenvalue weighted by Crippen LogP contribution is 2.41. The van der Waals surface area contributed by atoms with Crippen LogP contribution in [0, 0.1) is 5.92 Å². The van der Waals surface area contributed by atoms with Crippen LogP contribution in [0.3, 0.4) is 0 Å². The van der Waals surface area contributed by atoms with Crippen LogP contribution in [0.5, 0.6) is 0 Å². The van der Waals surface area contributed by atoms with Crippen LogP contribution in [0.4, 0.5) is 0 Å². The topological polar surface area (TPSA) is 89.5 Å². The van der Waals surface area contributed by atoms with Crippen molar-refractivity contribution in [3.05, 3.63) is 24.8 Å². The van der Waals surface area contributed by atoms with E-state index >= 15 is 0 Å². The highest BCUT2D eigenvalue weighted by Gasteiger charge is 2.57. The summed E-state index contributed by atoms with van der Waals surface area (Å²) >= 11 is 0. The van der Waals surface area contributed by atoms with Crippen LogP contribution < -0.4 is 0 Å². The molecule has 0 aromatic heterocycles. The van der Waals surface area contributed by atoms with E-state index in [1.54, 1.807) is 55.4 Å². The van der Waals surface area contributed by atoms with Crippen LogP contribution in [0.1, 0.15) is 132 Å². The Morgan fingerprint density at radius 3 is 1.95 bits per heavy atom. The van der Waals surface area contributed by atoms with E-state index in [0.29, 0.717) is 13.2 Å². The number of unbranched alkanes of at least 4 members (excludes halogenated alkanes) is 7. The molecule has 0 aromatic rings. The van der Waals surface area contributed by atoms with Crippen molar-refractivity contribution < 1.29 is 38.0 Å². The third-order valence-electron chi connectivity index (χ3n) is 7.54. The highest BCUT2D eigenvalue weighted by molar-refractivity contribution is 5.87. The minimum atomic E-state index is -1.56. The predicted molar refractivity (Wildman–Crippen MR) is 168 cm³/mol. The van der Waals surface area contributed by atoms with Crippen LogP contribution in [0.25, 0.3) is 0 Å². The molecule has 2 saturated heterocycles. The molecule has 0 bridgehead atoms. The minimum Gasteiger partial charge on any atom is -0.460 e. The number of esters is 2. The zero-order valence-corrected chi connectivity index (χ0v) is 28.4. The molecule has 2 atom stereocenters. The Morgan fingerprint density at radius 2 is 1.37 bits per heavy atom. The van der Waals surface area contributed by atoms with E-state index in [-0.39, 0.29) is 13.0 Å². The molecule has 0 saturated carbocycles. The fourth-order valence-corrected chi connectivity index (χ4v) is 5.61. The lowest BCUT2D eigenvalue weighted by Crippen LogP contribution is -2.61. The first-order valence-electron chi connectivity index (χ1n) is 16.4. The molecule has 2 heterocycles. The first-order valence-corrected chi connectivity index (χ1v) is 16.4. The maximum Gasteiger partial charge on any atom is 0.340 e. The Morgan fingerprint density at radius 1 is 0.814 bits per heavy atom. The Labute approximate surface area is 261 Å². The fraction of sp³-hybridized carbons (Fsp3) is 0.829. The Bertz CT molecular complexity index is 904. The summed E-state index contributed by atoms with van der Waals surface area (Å²) in [5, 5.41) is 0. The van der Waals surface area contributed by atoms with Gasteiger partial charge in [0.25, 0.3) is 0 Å². The molecular formula is C35H60O8. The van der Waals surface area contributed by atoms with Crippen molar-refractivity contribution in [2.24, 2.45) is 5.92 Å². The second kappa shape index (κ2) is 16.5. The molecule has 0 radical (unpaired) electrons. The summed E-state index contributed by atoms with van der Waals surface area (Å²) in [6.45, 7) is 19.7. The molecule has 248 valence electrons. The first kappa shape index (κ1) is 37.4. The maximum absolute atomic E-state index is 13.7. The maximum atomic E-state index is 13.7. The molecule has 0 amide bonds. The van der Waals surface area contributed by atoms with Crippen LogP contribution >= 0.6 is 0 Å². The van der Waals surface area contributed by atoms with E-state index in [0.717, 1.165) is 57.8 Å². The van der Waals surface area contributed by atoms with Gasteiger partial charge in [-0.25, -0.2) is 4.79 Å². The largest absolute Gasteiger partial charge is 0.460 e. The van der Waals surface area contributed by atoms with Crippen molar-refractivity contribution in [1.82, 2.24) is 0 Å². The predicted octanol–water partition coefficient (Wildman–Crippen LogP) is 7.97. The van der Waals surface area contributed by atoms with Crippen LogP contribution in [0.15, 0.2) is 24.8 Å². The average Bonchev–Trinajstić information content (AvgIpc) is 3.33. The molecule has 0 N–H and O–H groups in total. The molecule has 43 heavy (non-hydrogen) atoms. The van der Waals surface area contributed by atoms with Gasteiger partial charge in [0.15, 0.2) is 17.2 Å². The van der Waals surface area contributed by atoms with Gasteiger partial charge in [-0.15, -0.1) is 6.58 Å². The third-order valence-corrected chi connectivity index (χ3v) is 7.54. The summed E-state index contributed by atoms with van der Waals surface area (Å²) < 4.78 is 35.8. The third kappa shape index (κ3) is 13.4. The number of hydrogen-bond donors (Lipinski definition) is 0. The number of carbonyl (C=O) groups excluding carboxylic acids is 2. The van der Waals surface area contributed by atoms with Gasteiger partial charge < -0.3 is 28.4 Å². The van der Waals surface area contributed by atoms with Gasteiger partial charge in [0, 0.05) is 18.8 Å². The van der Waals surface area contributed by atoms with Crippen molar-refractivity contribution in [2.45, 2.75) is 161 Å². The van der Waals surface area contributed by atoms with Gasteiger partial charge in [0.1, 0.15) is 11.2 Å². The smallest absolute Gasteiger partial charge is 0.340 e. The quantitative estimate of drug-likeness (QED) is 0.0933. The van der Waals surface area contributed by atoms with Gasteiger partial charge in [-0.2, -0.15) is 0 Å². The van der Waals surface area contributed by atoms with Gasteiger partial charge in [-0.05, 0) is 93.9 Å². The van der Waals surface area contributed by atoms with E-state index in [1.807, 2.05) is 12.2 Å². The Hall–Kier alpha value is -1.74. The van der Waals surface area contributed by atoms with Crippen LogP contribution in [0.2, 0.25) is 0 Å². The average molecular weight is 609 g/mol. The summed E-state index contributed by atoms with van der Waals surface area (Å²) in [5.74, 6) is -3.08. The second-order valence-corrected chi connectivity index (χ2v) is 14.5. The Balaban J connectivity index is 1.97. The molecule has 2 rings (SSSR count). The van der Waals surface area contributed by atoms with E-state index in [2.05, 4.69) is 12.7 Å². The number of ether oxygens (including phenoxy) is 6. The number of allylic oxidation sites excluding steroid dienone is 2. The SMILES string of the molecule is C=CCCCCCC1(CCCCCC/C=C/[C@@H]2COC(C)(C)O[C@]2(CC(=O)OC(C)(C)C)C(=O)OC(C)(C)C)OCCO1. The zero-order chi connectivity index (χ0) is 32.2. The zero-order valence-electron chi connectivity index (χ0n) is 28.4. The molecule has 2 fully saturated rings. The van der Waals surface area contributed by atoms with Crippen molar-refractivity contribution in [3.63, 3.8) is 0 Å². The molecule has 0 unspecified atom stereocenters. The van der Waals surface area contributed by atoms with Gasteiger partial charge in [0.2, 0.25) is 0 Å². The highest BCUT2D eigenvalue weighted by atomic mass is 16.7. The van der Waals surface area contributed by atoms with Gasteiger partial charge in [-0.1, -0.05) is 37.5 Å². The van der Waals surface area contributed by atoms with E-state index < -0.39 is 46.2 Å². The lowest BCUT2D eigenvalue weighted by atomic mass is 9.82. The van der Waals surface area contributed by atoms with E-state index in [1.165, 1.54) is 12.8 Å². The summed E-state index contributed by atoms with van der Waals surface area (Å²) in [5.41, 5.74) is -3.01. The summed E-state index contributed by atoms with van der Waals surface area (Å²) in [6.07, 6.45) is 17.2. The first-order chi connectivity index (χ1) is 20.0. The number of hydrogen-bond acceptors (Lipinski definition) is 8. The second-order valence-electron chi connectivity index (χ2n) is 14.5. The van der Waals surface area contributed by atoms with Crippen molar-refractivity contribution >= 4 is 11.9 Å². The van der Waals surface area contributed by atoms with Gasteiger partial charge in [-0.3, -0.25) is 4.79 Å². The van der Waals surface area contributed by atoms with Crippen LogP contribution in [-0.2, 0) is 38.0 Å². The molecule has 0 aromatic carbocycles. The van der Waals surface area contributed by atoms with Crippen LogP contribution in [-0.4, -0.2) is 60.1 Å². The molecule has 2 aliphatic rings. The van der Waals surface area contributed by atoms with E-state index in [4.69, 9.17) is 28.4 Å². The van der Waals surface area contributed by atoms with Gasteiger partial charge >= 0.3 is 11.9 Å². The number of rotatable bonds is 17. The molecule has 0 aliphatic carbocycles. The summed E-state index contributed by atoms with van der Waals surface area (Å²) in [4.78, 5) is 26.8. The molecule has 8 nitrogen and oxygen atoms in total. The lowest BCUT2D eigenvalue weighted by Gasteiger charge is -2.47. The van der Waals surface area contributed by atoms with E-state index in [9.17, 15) is 9.59 Å². The molecule has 2 aliphatic heterocycles. The van der Waals surface area contributed by atoms with Crippen molar-refractivity contribution in [1.29, 1.82) is 0 Å². The molecule has 8 heteroatoms. The molecular weight excluding hydrogens is 548 g/mol. The molecule has 0 spiro atoms. The summed E-state index contributed by atoms with van der Waals surface area (Å²) in [6, 6.07) is 0. The normalized spacial score (nSPS) is 23.8. The van der Waals surface area contributed by atoms with Crippen molar-refractivity contribution in [2.75, 3.05) is 19.8 Å². The Kier molecular flexibility index (Phi) is 14.4.